The third-order valence-electron chi connectivity index (χ3n) is 4.68. The summed E-state index contributed by atoms with van der Waals surface area (Å²) in [4.78, 5) is 20.5. The number of allylic oxidation sites excluding steroid dienone is 1. The Kier molecular flexibility index (Phi) is 21.2. The number of aldehydes is 1. The summed E-state index contributed by atoms with van der Waals surface area (Å²) in [6.45, 7) is 15.6. The van der Waals surface area contributed by atoms with Gasteiger partial charge in [-0.3, -0.25) is 4.79 Å². The van der Waals surface area contributed by atoms with Gasteiger partial charge in [-0.2, -0.15) is 0 Å². The molecule has 180 valence electrons. The number of carbonyl (C=O) groups excluding carboxylic acids is 2. The van der Waals surface area contributed by atoms with Crippen LogP contribution in [-0.2, 0) is 22.4 Å². The van der Waals surface area contributed by atoms with Gasteiger partial charge in [0.05, 0.1) is 0 Å². The number of hydrogen-bond acceptors (Lipinski definition) is 3. The van der Waals surface area contributed by atoms with E-state index in [1.807, 2.05) is 32.1 Å². The van der Waals surface area contributed by atoms with E-state index in [0.29, 0.717) is 25.2 Å². The minimum atomic E-state index is 0. The summed E-state index contributed by atoms with van der Waals surface area (Å²) in [5.41, 5.74) is 3.61. The molecule has 0 amide bonds. The zero-order valence-electron chi connectivity index (χ0n) is 21.1. The minimum Gasteiger partial charge on any atom is -0.508 e. The number of phenolic OH excluding ortho intramolecular Hbond substituents is 1. The van der Waals surface area contributed by atoms with Crippen molar-refractivity contribution in [3.63, 3.8) is 0 Å². The lowest BCUT2D eigenvalue weighted by Gasteiger charge is -2.08. The lowest BCUT2D eigenvalue weighted by Crippen LogP contribution is -2.03. The molecule has 0 aliphatic carbocycles. The van der Waals surface area contributed by atoms with Crippen molar-refractivity contribution in [1.82, 2.24) is 0 Å². The number of benzene rings is 2. The molecule has 2 rings (SSSR count). The number of rotatable bonds is 9. The first-order valence-corrected chi connectivity index (χ1v) is 11.7. The maximum Gasteiger partial charge on any atom is 0.133 e. The Hall–Kier alpha value is -2.68. The van der Waals surface area contributed by atoms with Crippen LogP contribution in [0.2, 0.25) is 0 Å². The van der Waals surface area contributed by atoms with Crippen molar-refractivity contribution in [3.8, 4) is 5.75 Å². The summed E-state index contributed by atoms with van der Waals surface area (Å²) < 4.78 is 0. The maximum atomic E-state index is 11.7. The van der Waals surface area contributed by atoms with E-state index in [2.05, 4.69) is 51.6 Å². The van der Waals surface area contributed by atoms with Gasteiger partial charge in [0.15, 0.2) is 0 Å². The molecule has 0 aliphatic heterocycles. The maximum absolute atomic E-state index is 11.7. The van der Waals surface area contributed by atoms with Crippen LogP contribution >= 0.6 is 0 Å². The molecule has 32 heavy (non-hydrogen) atoms. The highest BCUT2D eigenvalue weighted by atomic mass is 16.3. The van der Waals surface area contributed by atoms with E-state index >= 15 is 0 Å². The SMILES string of the molecule is C=CC[C@@H](C)CCC(=O)CCc1ccccc1O.CC.CC=O.CCc1ccc(C)cc1.[HH]. The number of para-hydroxylation sites is 1. The van der Waals surface area contributed by atoms with Crippen LogP contribution in [0.3, 0.4) is 0 Å². The van der Waals surface area contributed by atoms with E-state index in [1.165, 1.54) is 18.1 Å². The van der Waals surface area contributed by atoms with E-state index in [4.69, 9.17) is 4.79 Å². The van der Waals surface area contributed by atoms with Crippen LogP contribution in [0, 0.1) is 12.8 Å². The summed E-state index contributed by atoms with van der Waals surface area (Å²) in [7, 11) is 0. The van der Waals surface area contributed by atoms with Crippen molar-refractivity contribution >= 4 is 12.1 Å². The van der Waals surface area contributed by atoms with Crippen LogP contribution in [0.5, 0.6) is 5.75 Å². The van der Waals surface area contributed by atoms with E-state index in [0.717, 1.165) is 31.1 Å². The Labute approximate surface area is 198 Å². The molecule has 2 aromatic carbocycles. The molecule has 0 heterocycles. The Balaban J connectivity index is -0.000000502. The second kappa shape index (κ2) is 21.5. The van der Waals surface area contributed by atoms with Crippen molar-refractivity contribution in [1.29, 1.82) is 0 Å². The van der Waals surface area contributed by atoms with E-state index in [1.54, 1.807) is 12.1 Å². The highest BCUT2D eigenvalue weighted by molar-refractivity contribution is 5.78. The largest absolute Gasteiger partial charge is 0.508 e. The number of hydrogen-bond donors (Lipinski definition) is 1. The van der Waals surface area contributed by atoms with Gasteiger partial charge in [0.25, 0.3) is 0 Å². The molecule has 3 nitrogen and oxygen atoms in total. The highest BCUT2D eigenvalue weighted by Gasteiger charge is 2.07. The lowest BCUT2D eigenvalue weighted by molar-refractivity contribution is -0.119. The van der Waals surface area contributed by atoms with Gasteiger partial charge in [-0.1, -0.05) is 81.8 Å². The van der Waals surface area contributed by atoms with Gasteiger partial charge in [-0.05, 0) is 62.6 Å². The van der Waals surface area contributed by atoms with Crippen LogP contribution < -0.4 is 0 Å². The number of ketones is 1. The van der Waals surface area contributed by atoms with E-state index in [-0.39, 0.29) is 13.0 Å². The van der Waals surface area contributed by atoms with Crippen LogP contribution in [0.15, 0.2) is 61.2 Å². The molecule has 0 saturated heterocycles. The second-order valence-corrected chi connectivity index (χ2v) is 7.41. The molecule has 0 radical (unpaired) electrons. The minimum absolute atomic E-state index is 0. The topological polar surface area (TPSA) is 54.4 Å². The van der Waals surface area contributed by atoms with Gasteiger partial charge >= 0.3 is 0 Å². The first kappa shape index (κ1) is 31.5. The average molecular weight is 443 g/mol. The van der Waals surface area contributed by atoms with E-state index < -0.39 is 0 Å². The van der Waals surface area contributed by atoms with Crippen LogP contribution in [0.4, 0.5) is 0 Å². The third kappa shape index (κ3) is 17.0. The molecular formula is C29H46O3. The molecule has 3 heteroatoms. The predicted octanol–water partition coefficient (Wildman–Crippen LogP) is 7.92. The normalized spacial score (nSPS) is 10.1. The predicted molar refractivity (Wildman–Crippen MR) is 140 cm³/mol. The summed E-state index contributed by atoms with van der Waals surface area (Å²) in [6, 6.07) is 15.8. The van der Waals surface area contributed by atoms with E-state index in [9.17, 15) is 9.90 Å². The van der Waals surface area contributed by atoms with Gasteiger partial charge in [0, 0.05) is 14.3 Å². The smallest absolute Gasteiger partial charge is 0.133 e. The number of phenols is 1. The Morgan fingerprint density at radius 2 is 1.66 bits per heavy atom. The van der Waals surface area contributed by atoms with Gasteiger partial charge in [-0.15, -0.1) is 6.58 Å². The van der Waals surface area contributed by atoms with Crippen molar-refractivity contribution in [2.24, 2.45) is 5.92 Å². The van der Waals surface area contributed by atoms with Gasteiger partial charge in [-0.25, -0.2) is 0 Å². The average Bonchev–Trinajstić information content (AvgIpc) is 2.80. The van der Waals surface area contributed by atoms with Crippen molar-refractivity contribution < 1.29 is 16.1 Å². The van der Waals surface area contributed by atoms with Crippen molar-refractivity contribution in [2.75, 3.05) is 0 Å². The molecule has 0 saturated carbocycles. The van der Waals surface area contributed by atoms with Crippen molar-refractivity contribution in [2.45, 2.75) is 80.1 Å². The fraction of sp³-hybridized carbons (Fsp3) is 0.448. The second-order valence-electron chi connectivity index (χ2n) is 7.41. The number of aryl methyl sites for hydroxylation is 3. The molecule has 0 aliphatic rings. The molecule has 1 atom stereocenters. The van der Waals surface area contributed by atoms with Gasteiger partial charge < -0.3 is 9.90 Å². The fourth-order valence-corrected chi connectivity index (χ4v) is 2.75. The molecule has 1 N–H and O–H groups in total. The fourth-order valence-electron chi connectivity index (χ4n) is 2.75. The number of carbonyl (C=O) groups is 2. The van der Waals surface area contributed by atoms with Gasteiger partial charge in [0.2, 0.25) is 0 Å². The standard InChI is InChI=1S/C16H22O2.C9H12.C2H4O.C2H6.H2/c1-3-6-13(2)9-11-15(17)12-10-14-7-4-5-8-16(14)18;1-3-9-6-4-8(2)5-7-9;1-2-3;1-2;/h3-5,7-8,13,18H,1,6,9-12H2,2H3;4-7H,3H2,1-2H3;2H,1H3;1-2H3;1H/t13-;;;;/m1..../s1. The lowest BCUT2D eigenvalue weighted by atomic mass is 9.98. The van der Waals surface area contributed by atoms with Crippen LogP contribution in [-0.4, -0.2) is 17.2 Å². The highest BCUT2D eigenvalue weighted by Crippen LogP contribution is 2.18. The monoisotopic (exact) mass is 442 g/mol. The first-order valence-electron chi connectivity index (χ1n) is 11.7. The summed E-state index contributed by atoms with van der Waals surface area (Å²) in [5, 5.41) is 9.59. The Morgan fingerprint density at radius 1 is 1.09 bits per heavy atom. The number of aromatic hydroxyl groups is 1. The van der Waals surface area contributed by atoms with Crippen LogP contribution in [0.1, 0.15) is 78.4 Å². The van der Waals surface area contributed by atoms with Gasteiger partial charge in [0.1, 0.15) is 17.8 Å². The molecule has 0 bridgehead atoms. The Bertz CT molecular complexity index is 739. The zero-order valence-corrected chi connectivity index (χ0v) is 21.1. The summed E-state index contributed by atoms with van der Waals surface area (Å²) in [5.74, 6) is 1.08. The summed E-state index contributed by atoms with van der Waals surface area (Å²) in [6.07, 6.45) is 7.44. The van der Waals surface area contributed by atoms with Crippen molar-refractivity contribution in [3.05, 3.63) is 77.9 Å². The first-order chi connectivity index (χ1) is 15.4. The van der Waals surface area contributed by atoms with Crippen LogP contribution in [0.25, 0.3) is 0 Å². The molecule has 0 aromatic heterocycles. The molecular weight excluding hydrogens is 396 g/mol. The molecule has 0 unspecified atom stereocenters. The zero-order chi connectivity index (χ0) is 24.8. The molecule has 0 spiro atoms. The summed E-state index contributed by atoms with van der Waals surface area (Å²) >= 11 is 0. The third-order valence-corrected chi connectivity index (χ3v) is 4.68. The number of Topliss-reactive ketones (excluding diaryl/α,β-unsaturated/α-hetero) is 1. The Morgan fingerprint density at radius 3 is 2.16 bits per heavy atom. The molecule has 2 aromatic rings. The quantitative estimate of drug-likeness (QED) is 0.317. The molecule has 0 fully saturated rings.